The van der Waals surface area contributed by atoms with Gasteiger partial charge in [-0.1, -0.05) is 26.8 Å². The third kappa shape index (κ3) is 4.18. The lowest BCUT2D eigenvalue weighted by Crippen LogP contribution is -2.51. The molecular weight excluding hydrogens is 420 g/mol. The van der Waals surface area contributed by atoms with Crippen molar-refractivity contribution in [3.8, 4) is 0 Å². The van der Waals surface area contributed by atoms with Crippen LogP contribution in [0.15, 0.2) is 23.1 Å². The van der Waals surface area contributed by atoms with Crippen LogP contribution in [0.3, 0.4) is 0 Å². The first kappa shape index (κ1) is 23.2. The summed E-state index contributed by atoms with van der Waals surface area (Å²) in [6.07, 6.45) is 2.69. The number of imide groups is 1. The molecule has 0 bridgehead atoms. The standard InChI is InChI=1S/C21H30N4O5S/c1-5-24(6-2)31(29,30)17-13-16(8-7-15(17)4)18(26)23-25-19(27)21(22-20(25)28)11-9-14(3)10-12-21/h7-8,13-14H,5-6,9-12H2,1-4H3,(H,22,28)(H,23,26). The first-order valence-corrected chi connectivity index (χ1v) is 12.1. The van der Waals surface area contributed by atoms with E-state index in [1.165, 1.54) is 16.4 Å². The van der Waals surface area contributed by atoms with Gasteiger partial charge in [-0.2, -0.15) is 9.31 Å². The Morgan fingerprint density at radius 1 is 1.23 bits per heavy atom. The average molecular weight is 451 g/mol. The van der Waals surface area contributed by atoms with Crippen LogP contribution in [-0.2, 0) is 14.8 Å². The minimum Gasteiger partial charge on any atom is -0.322 e. The number of benzene rings is 1. The Balaban J connectivity index is 1.83. The van der Waals surface area contributed by atoms with E-state index in [4.69, 9.17) is 0 Å². The first-order chi connectivity index (χ1) is 14.6. The van der Waals surface area contributed by atoms with Crippen LogP contribution in [0.25, 0.3) is 0 Å². The molecule has 2 aliphatic rings. The second-order valence-corrected chi connectivity index (χ2v) is 10.3. The number of rotatable bonds is 6. The molecule has 0 aromatic heterocycles. The first-order valence-electron chi connectivity index (χ1n) is 10.6. The maximum atomic E-state index is 12.9. The van der Waals surface area contributed by atoms with Gasteiger partial charge < -0.3 is 5.32 Å². The molecule has 170 valence electrons. The molecule has 2 N–H and O–H groups in total. The van der Waals surface area contributed by atoms with E-state index < -0.39 is 33.4 Å². The summed E-state index contributed by atoms with van der Waals surface area (Å²) in [4.78, 5) is 38.2. The van der Waals surface area contributed by atoms with Crippen LogP contribution in [0.4, 0.5) is 4.79 Å². The van der Waals surface area contributed by atoms with E-state index in [9.17, 15) is 22.8 Å². The zero-order valence-corrected chi connectivity index (χ0v) is 19.2. The van der Waals surface area contributed by atoms with Gasteiger partial charge >= 0.3 is 6.03 Å². The fourth-order valence-corrected chi connectivity index (χ4v) is 5.91. The summed E-state index contributed by atoms with van der Waals surface area (Å²) in [5, 5.41) is 3.46. The number of amides is 4. The smallest absolute Gasteiger partial charge is 0.322 e. The maximum Gasteiger partial charge on any atom is 0.344 e. The number of nitrogens with one attached hydrogen (secondary N) is 2. The van der Waals surface area contributed by atoms with E-state index in [-0.39, 0.29) is 10.5 Å². The van der Waals surface area contributed by atoms with Crippen molar-refractivity contribution in [3.63, 3.8) is 0 Å². The SMILES string of the molecule is CCN(CC)S(=O)(=O)c1cc(C(=O)NN2C(=O)NC3(CCC(C)CC3)C2=O)ccc1C. The van der Waals surface area contributed by atoms with Crippen molar-refractivity contribution in [2.75, 3.05) is 13.1 Å². The van der Waals surface area contributed by atoms with Crippen LogP contribution in [0, 0.1) is 12.8 Å². The normalized spacial score (nSPS) is 24.0. The van der Waals surface area contributed by atoms with Gasteiger partial charge in [-0.25, -0.2) is 13.2 Å². The van der Waals surface area contributed by atoms with Crippen LogP contribution < -0.4 is 10.7 Å². The molecular formula is C21H30N4O5S. The Hall–Kier alpha value is -2.46. The molecule has 2 fully saturated rings. The van der Waals surface area contributed by atoms with Crippen molar-refractivity contribution in [2.45, 2.75) is 63.8 Å². The van der Waals surface area contributed by atoms with Crippen LogP contribution in [0.5, 0.6) is 0 Å². The molecule has 1 aliphatic carbocycles. The van der Waals surface area contributed by atoms with Gasteiger partial charge in [-0.05, 0) is 56.2 Å². The fourth-order valence-electron chi connectivity index (χ4n) is 4.20. The quantitative estimate of drug-likeness (QED) is 0.645. The molecule has 0 atom stereocenters. The Morgan fingerprint density at radius 2 is 1.84 bits per heavy atom. The second kappa shape index (κ2) is 8.58. The van der Waals surface area contributed by atoms with E-state index >= 15 is 0 Å². The summed E-state index contributed by atoms with van der Waals surface area (Å²) < 4.78 is 27.2. The van der Waals surface area contributed by atoms with Gasteiger partial charge in [-0.3, -0.25) is 15.0 Å². The highest BCUT2D eigenvalue weighted by atomic mass is 32.2. The minimum atomic E-state index is -3.77. The molecule has 1 aromatic rings. The molecule has 10 heteroatoms. The third-order valence-electron chi connectivity index (χ3n) is 6.28. The zero-order chi connectivity index (χ0) is 23.0. The summed E-state index contributed by atoms with van der Waals surface area (Å²) in [7, 11) is -3.77. The molecule has 1 spiro atoms. The van der Waals surface area contributed by atoms with Crippen LogP contribution in [0.1, 0.15) is 62.4 Å². The molecule has 9 nitrogen and oxygen atoms in total. The largest absolute Gasteiger partial charge is 0.344 e. The lowest BCUT2D eigenvalue weighted by atomic mass is 9.77. The predicted octanol–water partition coefficient (Wildman–Crippen LogP) is 2.17. The number of hydrogen-bond donors (Lipinski definition) is 2. The summed E-state index contributed by atoms with van der Waals surface area (Å²) in [6.45, 7) is 7.85. The number of carbonyl (C=O) groups is 3. The Kier molecular flexibility index (Phi) is 6.43. The molecule has 4 amide bonds. The summed E-state index contributed by atoms with van der Waals surface area (Å²) in [5.74, 6) is -0.709. The van der Waals surface area contributed by atoms with Gasteiger partial charge in [0.05, 0.1) is 4.90 Å². The van der Waals surface area contributed by atoms with E-state index in [1.54, 1.807) is 26.8 Å². The van der Waals surface area contributed by atoms with Gasteiger partial charge in [0.2, 0.25) is 10.0 Å². The van der Waals surface area contributed by atoms with Gasteiger partial charge in [0.1, 0.15) is 5.54 Å². The van der Waals surface area contributed by atoms with Crippen molar-refractivity contribution in [3.05, 3.63) is 29.3 Å². The highest BCUT2D eigenvalue weighted by Crippen LogP contribution is 2.35. The summed E-state index contributed by atoms with van der Waals surface area (Å²) >= 11 is 0. The van der Waals surface area contributed by atoms with E-state index in [0.717, 1.165) is 17.9 Å². The van der Waals surface area contributed by atoms with Gasteiger partial charge in [0, 0.05) is 18.7 Å². The lowest BCUT2D eigenvalue weighted by molar-refractivity contribution is -0.134. The molecule has 1 aliphatic heterocycles. The third-order valence-corrected chi connectivity index (χ3v) is 8.47. The molecule has 0 unspecified atom stereocenters. The van der Waals surface area contributed by atoms with Crippen LogP contribution >= 0.6 is 0 Å². The molecule has 1 saturated heterocycles. The number of carbonyl (C=O) groups excluding carboxylic acids is 3. The van der Waals surface area contributed by atoms with Crippen LogP contribution in [-0.4, -0.2) is 54.2 Å². The Bertz CT molecular complexity index is 995. The summed E-state index contributed by atoms with van der Waals surface area (Å²) in [6, 6.07) is 3.63. The van der Waals surface area contributed by atoms with Crippen LogP contribution in [0.2, 0.25) is 0 Å². The number of aryl methyl sites for hydroxylation is 1. The number of hydrazine groups is 1. The van der Waals surface area contributed by atoms with Crippen molar-refractivity contribution >= 4 is 27.9 Å². The number of sulfonamides is 1. The number of hydrogen-bond acceptors (Lipinski definition) is 5. The summed E-state index contributed by atoms with van der Waals surface area (Å²) in [5.41, 5.74) is 1.95. The highest BCUT2D eigenvalue weighted by molar-refractivity contribution is 7.89. The van der Waals surface area contributed by atoms with E-state index in [0.29, 0.717) is 37.4 Å². The monoisotopic (exact) mass is 450 g/mol. The average Bonchev–Trinajstić information content (AvgIpc) is 2.95. The molecule has 3 rings (SSSR count). The van der Waals surface area contributed by atoms with Crippen molar-refractivity contribution in [1.29, 1.82) is 0 Å². The van der Waals surface area contributed by atoms with Crippen molar-refractivity contribution in [1.82, 2.24) is 20.1 Å². The molecule has 0 radical (unpaired) electrons. The van der Waals surface area contributed by atoms with Gasteiger partial charge in [0.15, 0.2) is 0 Å². The minimum absolute atomic E-state index is 0.0267. The van der Waals surface area contributed by atoms with E-state index in [1.807, 2.05) is 0 Å². The van der Waals surface area contributed by atoms with Crippen molar-refractivity contribution < 1.29 is 22.8 Å². The zero-order valence-electron chi connectivity index (χ0n) is 18.4. The molecule has 1 aromatic carbocycles. The maximum absolute atomic E-state index is 12.9. The Morgan fingerprint density at radius 3 is 2.42 bits per heavy atom. The molecule has 1 heterocycles. The number of urea groups is 1. The van der Waals surface area contributed by atoms with E-state index in [2.05, 4.69) is 17.7 Å². The second-order valence-electron chi connectivity index (χ2n) is 8.35. The molecule has 31 heavy (non-hydrogen) atoms. The predicted molar refractivity (Wildman–Crippen MR) is 114 cm³/mol. The topological polar surface area (TPSA) is 116 Å². The Labute approximate surface area is 183 Å². The highest BCUT2D eigenvalue weighted by Gasteiger charge is 2.53. The van der Waals surface area contributed by atoms with Crippen molar-refractivity contribution in [2.24, 2.45) is 5.92 Å². The van der Waals surface area contributed by atoms with Gasteiger partial charge in [0.25, 0.3) is 11.8 Å². The van der Waals surface area contributed by atoms with Gasteiger partial charge in [-0.15, -0.1) is 0 Å². The fraction of sp³-hybridized carbons (Fsp3) is 0.571. The number of nitrogens with zero attached hydrogens (tertiary/aromatic N) is 2. The molecule has 1 saturated carbocycles. The lowest BCUT2D eigenvalue weighted by Gasteiger charge is -2.33.